The van der Waals surface area contributed by atoms with Gasteiger partial charge in [-0.3, -0.25) is 4.79 Å². The number of hydrogen-bond acceptors (Lipinski definition) is 4. The minimum Gasteiger partial charge on any atom is -0.481 e. The molecule has 0 radical (unpaired) electrons. The van der Waals surface area contributed by atoms with Crippen molar-refractivity contribution in [1.82, 2.24) is 4.72 Å². The van der Waals surface area contributed by atoms with E-state index < -0.39 is 28.0 Å². The van der Waals surface area contributed by atoms with Gasteiger partial charge in [0.05, 0.1) is 10.3 Å². The first-order valence-electron chi connectivity index (χ1n) is 6.80. The second-order valence-corrected chi connectivity index (χ2v) is 9.46. The van der Waals surface area contributed by atoms with Crippen LogP contribution < -0.4 is 4.72 Å². The molecule has 1 aromatic rings. The van der Waals surface area contributed by atoms with E-state index in [1.165, 1.54) is 6.07 Å². The molecule has 116 valence electrons. The van der Waals surface area contributed by atoms with Gasteiger partial charge < -0.3 is 5.11 Å². The van der Waals surface area contributed by atoms with Gasteiger partial charge in [0.25, 0.3) is 0 Å². The van der Waals surface area contributed by atoms with E-state index >= 15 is 0 Å². The third-order valence-electron chi connectivity index (χ3n) is 4.59. The van der Waals surface area contributed by atoms with Gasteiger partial charge in [0.1, 0.15) is 4.21 Å². The number of carbonyl (C=O) groups is 1. The van der Waals surface area contributed by atoms with Crippen molar-refractivity contribution in [3.05, 3.63) is 16.0 Å². The fraction of sp³-hybridized carbons (Fsp3) is 0.615. The SMILES string of the molecule is Cc1cc(S(=O)(=O)NC2C3CCC(C3)C2C(=O)O)sc1Cl. The lowest BCUT2D eigenvalue weighted by Crippen LogP contribution is -2.46. The highest BCUT2D eigenvalue weighted by molar-refractivity contribution is 7.91. The summed E-state index contributed by atoms with van der Waals surface area (Å²) < 4.78 is 28.1. The predicted octanol–water partition coefficient (Wildman–Crippen LogP) is 2.49. The fourth-order valence-corrected chi connectivity index (χ4v) is 6.67. The van der Waals surface area contributed by atoms with Gasteiger partial charge >= 0.3 is 5.97 Å². The average molecular weight is 350 g/mol. The molecule has 2 aliphatic carbocycles. The lowest BCUT2D eigenvalue weighted by Gasteiger charge is -2.28. The molecule has 1 aromatic heterocycles. The van der Waals surface area contributed by atoms with E-state index in [9.17, 15) is 18.3 Å². The molecule has 1 heterocycles. The molecule has 3 rings (SSSR count). The van der Waals surface area contributed by atoms with Crippen LogP contribution in [0.3, 0.4) is 0 Å². The Morgan fingerprint density at radius 2 is 2.10 bits per heavy atom. The van der Waals surface area contributed by atoms with Crippen LogP contribution in [0.4, 0.5) is 0 Å². The zero-order valence-corrected chi connectivity index (χ0v) is 13.8. The monoisotopic (exact) mass is 349 g/mol. The number of hydrogen-bond donors (Lipinski definition) is 2. The minimum atomic E-state index is -3.71. The number of fused-ring (bicyclic) bond motifs is 2. The van der Waals surface area contributed by atoms with Crippen molar-refractivity contribution in [1.29, 1.82) is 0 Å². The molecule has 2 aliphatic rings. The summed E-state index contributed by atoms with van der Waals surface area (Å²) in [6.07, 6.45) is 2.57. The number of sulfonamides is 1. The van der Waals surface area contributed by atoms with E-state index in [-0.39, 0.29) is 16.0 Å². The maximum atomic E-state index is 12.4. The zero-order chi connectivity index (χ0) is 15.4. The Kier molecular flexibility index (Phi) is 3.80. The Morgan fingerprint density at radius 1 is 1.43 bits per heavy atom. The van der Waals surface area contributed by atoms with Crippen molar-refractivity contribution < 1.29 is 18.3 Å². The van der Waals surface area contributed by atoms with Crippen LogP contribution in [0.25, 0.3) is 0 Å². The second-order valence-electron chi connectivity index (χ2n) is 5.87. The van der Waals surface area contributed by atoms with Gasteiger partial charge in [-0.15, -0.1) is 11.3 Å². The van der Waals surface area contributed by atoms with E-state index in [2.05, 4.69) is 4.72 Å². The summed E-state index contributed by atoms with van der Waals surface area (Å²) in [4.78, 5) is 11.4. The quantitative estimate of drug-likeness (QED) is 0.874. The molecule has 2 N–H and O–H groups in total. The summed E-state index contributed by atoms with van der Waals surface area (Å²) in [7, 11) is -3.71. The van der Waals surface area contributed by atoms with Gasteiger partial charge in [0.2, 0.25) is 10.0 Å². The first-order valence-corrected chi connectivity index (χ1v) is 9.48. The molecule has 0 amide bonds. The van der Waals surface area contributed by atoms with Gasteiger partial charge in [-0.1, -0.05) is 11.6 Å². The molecule has 2 saturated carbocycles. The Labute approximate surface area is 132 Å². The Morgan fingerprint density at radius 3 is 2.67 bits per heavy atom. The standard InChI is InChI=1S/C13H16ClNO4S2/c1-6-4-9(20-12(6)14)21(18,19)15-11-8-3-2-7(5-8)10(11)13(16)17/h4,7-8,10-11,15H,2-3,5H2,1H3,(H,16,17). The number of halogens is 1. The van der Waals surface area contributed by atoms with Crippen LogP contribution >= 0.6 is 22.9 Å². The van der Waals surface area contributed by atoms with Crippen molar-refractivity contribution >= 4 is 38.9 Å². The highest BCUT2D eigenvalue weighted by atomic mass is 35.5. The number of carboxylic acids is 1. The summed E-state index contributed by atoms with van der Waals surface area (Å²) in [6, 6.07) is 1.02. The Bertz CT molecular complexity index is 665. The molecular weight excluding hydrogens is 334 g/mol. The number of aliphatic carboxylic acids is 1. The molecular formula is C13H16ClNO4S2. The molecule has 0 aromatic carbocycles. The van der Waals surface area contributed by atoms with Crippen molar-refractivity contribution in [2.75, 3.05) is 0 Å². The molecule has 2 bridgehead atoms. The first-order chi connectivity index (χ1) is 9.79. The lowest BCUT2D eigenvalue weighted by atomic mass is 9.85. The Hall–Kier alpha value is -0.630. The van der Waals surface area contributed by atoms with Gasteiger partial charge in [-0.25, -0.2) is 13.1 Å². The van der Waals surface area contributed by atoms with E-state index in [1.807, 2.05) is 0 Å². The molecule has 0 aliphatic heterocycles. The zero-order valence-electron chi connectivity index (χ0n) is 11.4. The second kappa shape index (κ2) is 5.22. The maximum absolute atomic E-state index is 12.4. The number of carboxylic acid groups (broad SMARTS) is 1. The molecule has 21 heavy (non-hydrogen) atoms. The first kappa shape index (κ1) is 15.3. The van der Waals surface area contributed by atoms with Crippen LogP contribution in [-0.4, -0.2) is 25.5 Å². The van der Waals surface area contributed by atoms with Gasteiger partial charge in [0, 0.05) is 6.04 Å². The predicted molar refractivity (Wildman–Crippen MR) is 80.1 cm³/mol. The highest BCUT2D eigenvalue weighted by Crippen LogP contribution is 2.49. The minimum absolute atomic E-state index is 0.0915. The average Bonchev–Trinajstić information content (AvgIpc) is 3.05. The summed E-state index contributed by atoms with van der Waals surface area (Å²) in [5, 5.41) is 9.37. The molecule has 8 heteroatoms. The summed E-state index contributed by atoms with van der Waals surface area (Å²) >= 11 is 6.93. The summed E-state index contributed by atoms with van der Waals surface area (Å²) in [5.74, 6) is -1.30. The van der Waals surface area contributed by atoms with Crippen molar-refractivity contribution in [3.8, 4) is 0 Å². The third kappa shape index (κ3) is 2.60. The largest absolute Gasteiger partial charge is 0.481 e. The summed E-state index contributed by atoms with van der Waals surface area (Å²) in [5.41, 5.74) is 0.713. The number of nitrogens with one attached hydrogen (secondary N) is 1. The molecule has 2 fully saturated rings. The van der Waals surface area contributed by atoms with Crippen molar-refractivity contribution in [3.63, 3.8) is 0 Å². The van der Waals surface area contributed by atoms with E-state index in [4.69, 9.17) is 11.6 Å². The molecule has 4 unspecified atom stereocenters. The normalized spacial score (nSPS) is 31.7. The smallest absolute Gasteiger partial charge is 0.308 e. The van der Waals surface area contributed by atoms with Gasteiger partial charge in [-0.2, -0.15) is 0 Å². The number of aryl methyl sites for hydroxylation is 1. The van der Waals surface area contributed by atoms with Crippen molar-refractivity contribution in [2.45, 2.75) is 36.4 Å². The molecule has 0 spiro atoms. The van der Waals surface area contributed by atoms with Crippen LogP contribution in [0.2, 0.25) is 4.34 Å². The maximum Gasteiger partial charge on any atom is 0.308 e. The van der Waals surface area contributed by atoms with Crippen LogP contribution in [0, 0.1) is 24.7 Å². The number of rotatable bonds is 4. The fourth-order valence-electron chi connectivity index (χ4n) is 3.62. The van der Waals surface area contributed by atoms with E-state index in [0.717, 1.165) is 30.6 Å². The van der Waals surface area contributed by atoms with Crippen LogP contribution in [0.15, 0.2) is 10.3 Å². The van der Waals surface area contributed by atoms with E-state index in [1.54, 1.807) is 6.92 Å². The number of thiophene rings is 1. The highest BCUT2D eigenvalue weighted by Gasteiger charge is 2.52. The van der Waals surface area contributed by atoms with Crippen LogP contribution in [0.5, 0.6) is 0 Å². The molecule has 4 atom stereocenters. The Balaban J connectivity index is 1.86. The lowest BCUT2D eigenvalue weighted by molar-refractivity contribution is -0.144. The van der Waals surface area contributed by atoms with Gasteiger partial charge in [0.15, 0.2) is 0 Å². The van der Waals surface area contributed by atoms with Crippen molar-refractivity contribution in [2.24, 2.45) is 17.8 Å². The van der Waals surface area contributed by atoms with E-state index in [0.29, 0.717) is 9.90 Å². The summed E-state index contributed by atoms with van der Waals surface area (Å²) in [6.45, 7) is 1.75. The van der Waals surface area contributed by atoms with Crippen LogP contribution in [-0.2, 0) is 14.8 Å². The third-order valence-corrected chi connectivity index (χ3v) is 8.08. The molecule has 0 saturated heterocycles. The topological polar surface area (TPSA) is 83.5 Å². The van der Waals surface area contributed by atoms with Gasteiger partial charge in [-0.05, 0) is 49.7 Å². The molecule has 5 nitrogen and oxygen atoms in total. The van der Waals surface area contributed by atoms with Crippen LogP contribution in [0.1, 0.15) is 24.8 Å².